The summed E-state index contributed by atoms with van der Waals surface area (Å²) in [5.74, 6) is -0.267. The number of hydrogen-bond donors (Lipinski definition) is 1. The number of rotatable bonds is 9. The molecule has 0 atom stereocenters. The SMILES string of the molecule is CCc1ccc(CNC(=O)CCc2nc(CS(=O)(=O)c3ccc(Cl)cc3)no2)cc1. The Kier molecular flexibility index (Phi) is 7.23. The summed E-state index contributed by atoms with van der Waals surface area (Å²) in [6.45, 7) is 2.53. The van der Waals surface area contributed by atoms with Crippen LogP contribution in [-0.4, -0.2) is 24.5 Å². The first-order chi connectivity index (χ1) is 14.4. The molecule has 0 spiro atoms. The van der Waals surface area contributed by atoms with Crippen LogP contribution in [0.3, 0.4) is 0 Å². The van der Waals surface area contributed by atoms with Crippen LogP contribution in [0.2, 0.25) is 5.02 Å². The number of aryl methyl sites for hydroxylation is 2. The monoisotopic (exact) mass is 447 g/mol. The molecule has 0 saturated carbocycles. The van der Waals surface area contributed by atoms with Crippen LogP contribution in [0, 0.1) is 0 Å². The van der Waals surface area contributed by atoms with E-state index in [1.165, 1.54) is 29.8 Å². The first-order valence-corrected chi connectivity index (χ1v) is 11.5. The molecule has 3 aromatic rings. The Morgan fingerprint density at radius 1 is 1.07 bits per heavy atom. The van der Waals surface area contributed by atoms with Gasteiger partial charge in [0.2, 0.25) is 11.8 Å². The standard InChI is InChI=1S/C21H22ClN3O4S/c1-2-15-3-5-16(6-4-15)13-23-20(26)11-12-21-24-19(25-29-21)14-30(27,28)18-9-7-17(22)8-10-18/h3-10H,2,11-14H2,1H3,(H,23,26). The molecule has 0 aliphatic carbocycles. The summed E-state index contributed by atoms with van der Waals surface area (Å²) < 4.78 is 29.9. The van der Waals surface area contributed by atoms with Crippen molar-refractivity contribution in [2.75, 3.05) is 0 Å². The van der Waals surface area contributed by atoms with E-state index in [-0.39, 0.29) is 35.4 Å². The molecule has 0 bridgehead atoms. The number of amides is 1. The maximum atomic E-state index is 12.4. The van der Waals surface area contributed by atoms with Gasteiger partial charge in [-0.15, -0.1) is 0 Å². The van der Waals surface area contributed by atoms with E-state index in [9.17, 15) is 13.2 Å². The Bertz CT molecular complexity index is 1090. The van der Waals surface area contributed by atoms with Gasteiger partial charge in [0.05, 0.1) is 4.90 Å². The third-order valence-corrected chi connectivity index (χ3v) is 6.37. The molecular formula is C21H22ClN3O4S. The highest BCUT2D eigenvalue weighted by molar-refractivity contribution is 7.90. The molecule has 3 rings (SSSR count). The summed E-state index contributed by atoms with van der Waals surface area (Å²) in [7, 11) is -3.62. The van der Waals surface area contributed by atoms with E-state index in [0.717, 1.165) is 12.0 Å². The van der Waals surface area contributed by atoms with E-state index >= 15 is 0 Å². The van der Waals surface area contributed by atoms with Gasteiger partial charge in [0.25, 0.3) is 0 Å². The van der Waals surface area contributed by atoms with E-state index in [0.29, 0.717) is 11.6 Å². The van der Waals surface area contributed by atoms with E-state index in [4.69, 9.17) is 16.1 Å². The summed E-state index contributed by atoms with van der Waals surface area (Å²) in [6.07, 6.45) is 1.37. The molecule has 1 amide bonds. The second-order valence-corrected chi connectivity index (χ2v) is 9.19. The maximum absolute atomic E-state index is 12.4. The maximum Gasteiger partial charge on any atom is 0.227 e. The molecule has 2 aromatic carbocycles. The molecule has 1 N–H and O–H groups in total. The Balaban J connectivity index is 1.48. The Labute approximate surface area is 180 Å². The number of nitrogens with zero attached hydrogens (tertiary/aromatic N) is 2. The van der Waals surface area contributed by atoms with Crippen molar-refractivity contribution in [3.05, 3.63) is 76.4 Å². The van der Waals surface area contributed by atoms with Gasteiger partial charge < -0.3 is 9.84 Å². The minimum absolute atomic E-state index is 0.0522. The van der Waals surface area contributed by atoms with E-state index < -0.39 is 15.6 Å². The molecule has 0 aliphatic heterocycles. The van der Waals surface area contributed by atoms with Crippen molar-refractivity contribution in [3.63, 3.8) is 0 Å². The molecule has 0 saturated heterocycles. The minimum atomic E-state index is -3.62. The zero-order valence-electron chi connectivity index (χ0n) is 16.5. The number of aromatic nitrogens is 2. The van der Waals surface area contributed by atoms with Crippen molar-refractivity contribution in [2.24, 2.45) is 0 Å². The lowest BCUT2D eigenvalue weighted by molar-refractivity contribution is -0.121. The number of carbonyl (C=O) groups excluding carboxylic acids is 1. The number of sulfone groups is 1. The first-order valence-electron chi connectivity index (χ1n) is 9.50. The molecular weight excluding hydrogens is 426 g/mol. The van der Waals surface area contributed by atoms with E-state index in [2.05, 4.69) is 22.4 Å². The fourth-order valence-electron chi connectivity index (χ4n) is 2.75. The van der Waals surface area contributed by atoms with Crippen LogP contribution in [0.4, 0.5) is 0 Å². The third kappa shape index (κ3) is 6.14. The van der Waals surface area contributed by atoms with Crippen LogP contribution < -0.4 is 5.32 Å². The van der Waals surface area contributed by atoms with Crippen molar-refractivity contribution in [3.8, 4) is 0 Å². The lowest BCUT2D eigenvalue weighted by Gasteiger charge is -2.05. The molecule has 30 heavy (non-hydrogen) atoms. The highest BCUT2D eigenvalue weighted by Gasteiger charge is 2.19. The second kappa shape index (κ2) is 9.86. The van der Waals surface area contributed by atoms with Gasteiger partial charge in [0.1, 0.15) is 5.75 Å². The van der Waals surface area contributed by atoms with Crippen LogP contribution >= 0.6 is 11.6 Å². The van der Waals surface area contributed by atoms with Crippen LogP contribution in [-0.2, 0) is 39.8 Å². The predicted molar refractivity (Wildman–Crippen MR) is 113 cm³/mol. The van der Waals surface area contributed by atoms with Crippen molar-refractivity contribution < 1.29 is 17.7 Å². The quantitative estimate of drug-likeness (QED) is 0.538. The Morgan fingerprint density at radius 3 is 2.40 bits per heavy atom. The molecule has 7 nitrogen and oxygen atoms in total. The van der Waals surface area contributed by atoms with Gasteiger partial charge in [-0.3, -0.25) is 4.79 Å². The first kappa shape index (κ1) is 22.0. The van der Waals surface area contributed by atoms with Gasteiger partial charge in [0, 0.05) is 24.4 Å². The fourth-order valence-corrected chi connectivity index (χ4v) is 4.05. The van der Waals surface area contributed by atoms with E-state index in [1.807, 2.05) is 24.3 Å². The van der Waals surface area contributed by atoms with Crippen molar-refractivity contribution >= 4 is 27.3 Å². The fraction of sp³-hybridized carbons (Fsp3) is 0.286. The molecule has 158 valence electrons. The van der Waals surface area contributed by atoms with Crippen LogP contribution in [0.25, 0.3) is 0 Å². The minimum Gasteiger partial charge on any atom is -0.352 e. The van der Waals surface area contributed by atoms with Crippen LogP contribution in [0.1, 0.15) is 36.2 Å². The lowest BCUT2D eigenvalue weighted by Crippen LogP contribution is -2.23. The average molecular weight is 448 g/mol. The van der Waals surface area contributed by atoms with Gasteiger partial charge in [-0.1, -0.05) is 47.9 Å². The normalized spacial score (nSPS) is 11.4. The predicted octanol–water partition coefficient (Wildman–Crippen LogP) is 3.51. The van der Waals surface area contributed by atoms with Crippen molar-refractivity contribution in [2.45, 2.75) is 43.4 Å². The Morgan fingerprint density at radius 2 is 1.73 bits per heavy atom. The highest BCUT2D eigenvalue weighted by Crippen LogP contribution is 2.18. The topological polar surface area (TPSA) is 102 Å². The highest BCUT2D eigenvalue weighted by atomic mass is 35.5. The van der Waals surface area contributed by atoms with Crippen LogP contribution in [0.5, 0.6) is 0 Å². The van der Waals surface area contributed by atoms with Gasteiger partial charge in [0.15, 0.2) is 15.7 Å². The molecule has 0 aliphatic rings. The third-order valence-electron chi connectivity index (χ3n) is 4.49. The second-order valence-electron chi connectivity index (χ2n) is 6.76. The summed E-state index contributed by atoms with van der Waals surface area (Å²) in [4.78, 5) is 16.3. The molecule has 0 radical (unpaired) electrons. The number of hydrogen-bond acceptors (Lipinski definition) is 6. The van der Waals surface area contributed by atoms with Gasteiger partial charge >= 0.3 is 0 Å². The molecule has 9 heteroatoms. The molecule has 1 heterocycles. The van der Waals surface area contributed by atoms with Crippen molar-refractivity contribution in [1.29, 1.82) is 0 Å². The number of halogens is 1. The summed E-state index contributed by atoms with van der Waals surface area (Å²) in [5, 5.41) is 7.00. The zero-order valence-corrected chi connectivity index (χ0v) is 18.0. The van der Waals surface area contributed by atoms with Gasteiger partial charge in [-0.2, -0.15) is 4.98 Å². The molecule has 1 aromatic heterocycles. The summed E-state index contributed by atoms with van der Waals surface area (Å²) >= 11 is 5.79. The number of nitrogens with one attached hydrogen (secondary N) is 1. The lowest BCUT2D eigenvalue weighted by atomic mass is 10.1. The number of carbonyl (C=O) groups is 1. The van der Waals surface area contributed by atoms with Gasteiger partial charge in [-0.05, 0) is 41.8 Å². The van der Waals surface area contributed by atoms with E-state index in [1.54, 1.807) is 0 Å². The molecule has 0 fully saturated rings. The average Bonchev–Trinajstić information content (AvgIpc) is 3.18. The summed E-state index contributed by atoms with van der Waals surface area (Å²) in [5.41, 5.74) is 2.27. The number of benzene rings is 2. The summed E-state index contributed by atoms with van der Waals surface area (Å²) in [6, 6.07) is 13.9. The zero-order chi connectivity index (χ0) is 21.6. The Hall–Kier alpha value is -2.71. The van der Waals surface area contributed by atoms with Crippen LogP contribution in [0.15, 0.2) is 57.9 Å². The van der Waals surface area contributed by atoms with Gasteiger partial charge in [-0.25, -0.2) is 8.42 Å². The smallest absolute Gasteiger partial charge is 0.227 e. The largest absolute Gasteiger partial charge is 0.352 e. The molecule has 0 unspecified atom stereocenters. The van der Waals surface area contributed by atoms with Crippen molar-refractivity contribution in [1.82, 2.24) is 15.5 Å².